The van der Waals surface area contributed by atoms with Crippen molar-refractivity contribution in [2.24, 2.45) is 5.11 Å². The van der Waals surface area contributed by atoms with Crippen LogP contribution in [0.5, 0.6) is 0 Å². The van der Waals surface area contributed by atoms with Gasteiger partial charge in [-0.3, -0.25) is 0 Å². The topological polar surface area (TPSA) is 60.8 Å². The van der Waals surface area contributed by atoms with E-state index in [1.165, 1.54) is 16.8 Å². The van der Waals surface area contributed by atoms with E-state index in [9.17, 15) is 0 Å². The van der Waals surface area contributed by atoms with Gasteiger partial charge in [-0.05, 0) is 41.6 Å². The molecule has 0 spiro atoms. The summed E-state index contributed by atoms with van der Waals surface area (Å²) in [4.78, 5) is 2.71. The third-order valence-electron chi connectivity index (χ3n) is 2.61. The first kappa shape index (κ1) is 10.6. The molecule has 0 aliphatic carbocycles. The van der Waals surface area contributed by atoms with Gasteiger partial charge in [0.2, 0.25) is 0 Å². The van der Waals surface area contributed by atoms with Crippen LogP contribution in [-0.2, 0) is 6.42 Å². The largest absolute Gasteiger partial charge is 0.384 e. The Balaban J connectivity index is 1.97. The van der Waals surface area contributed by atoms with Crippen LogP contribution in [0.25, 0.3) is 16.5 Å². The zero-order chi connectivity index (χ0) is 11.2. The lowest BCUT2D eigenvalue weighted by Crippen LogP contribution is -1.90. The molecule has 0 amide bonds. The van der Waals surface area contributed by atoms with Crippen LogP contribution < -0.4 is 5.32 Å². The van der Waals surface area contributed by atoms with Gasteiger partial charge in [-0.2, -0.15) is 0 Å². The van der Waals surface area contributed by atoms with Crippen molar-refractivity contribution in [3.63, 3.8) is 0 Å². The van der Waals surface area contributed by atoms with Crippen molar-refractivity contribution < 1.29 is 0 Å². The molecule has 1 heterocycles. The maximum absolute atomic E-state index is 8.12. The zero-order valence-corrected chi connectivity index (χ0v) is 9.06. The van der Waals surface area contributed by atoms with Gasteiger partial charge in [0.05, 0.1) is 0 Å². The monoisotopic (exact) mass is 214 g/mol. The lowest BCUT2D eigenvalue weighted by molar-refractivity contribution is 0.995. The molecule has 2 rings (SSSR count). The second-order valence-corrected chi connectivity index (χ2v) is 3.74. The number of azide groups is 1. The van der Waals surface area contributed by atoms with Gasteiger partial charge < -0.3 is 5.32 Å². The Morgan fingerprint density at radius 1 is 1.50 bits per heavy atom. The number of fused-ring (bicyclic) bond motifs is 1. The van der Waals surface area contributed by atoms with Crippen molar-refractivity contribution in [1.82, 2.24) is 0 Å². The standard InChI is InChI=1S/C12H14N4/c13-16-15-7-2-1-3-10-4-5-12-11(9-10)6-8-14-12/h1,3-5,9,14H,2,6-8H2. The Hall–Kier alpha value is -1.93. The number of hydrogen-bond acceptors (Lipinski definition) is 2. The van der Waals surface area contributed by atoms with E-state index >= 15 is 0 Å². The summed E-state index contributed by atoms with van der Waals surface area (Å²) in [7, 11) is 0. The fraction of sp³-hybridized carbons (Fsp3) is 0.333. The van der Waals surface area contributed by atoms with Crippen LogP contribution >= 0.6 is 0 Å². The van der Waals surface area contributed by atoms with Crippen LogP contribution in [0.4, 0.5) is 5.69 Å². The summed E-state index contributed by atoms with van der Waals surface area (Å²) in [6.07, 6.45) is 6.01. The number of benzene rings is 1. The maximum atomic E-state index is 8.12. The highest BCUT2D eigenvalue weighted by molar-refractivity contribution is 5.62. The van der Waals surface area contributed by atoms with Crippen LogP contribution in [0.2, 0.25) is 0 Å². The second kappa shape index (κ2) is 5.24. The molecule has 0 fully saturated rings. The normalized spacial score (nSPS) is 13.2. The van der Waals surface area contributed by atoms with E-state index in [4.69, 9.17) is 5.53 Å². The van der Waals surface area contributed by atoms with E-state index in [1.807, 2.05) is 6.08 Å². The van der Waals surface area contributed by atoms with Gasteiger partial charge in [-0.25, -0.2) is 0 Å². The van der Waals surface area contributed by atoms with Crippen LogP contribution in [-0.4, -0.2) is 13.1 Å². The van der Waals surface area contributed by atoms with Crippen LogP contribution in [0.3, 0.4) is 0 Å². The minimum Gasteiger partial charge on any atom is -0.384 e. The third kappa shape index (κ3) is 2.55. The molecule has 1 aliphatic rings. The molecule has 4 nitrogen and oxygen atoms in total. The van der Waals surface area contributed by atoms with Crippen molar-refractivity contribution in [2.45, 2.75) is 12.8 Å². The first-order valence-corrected chi connectivity index (χ1v) is 5.44. The minimum atomic E-state index is 0.527. The van der Waals surface area contributed by atoms with Gasteiger partial charge in [0.15, 0.2) is 0 Å². The second-order valence-electron chi connectivity index (χ2n) is 3.74. The van der Waals surface area contributed by atoms with E-state index in [0.29, 0.717) is 6.54 Å². The fourth-order valence-corrected chi connectivity index (χ4v) is 1.82. The van der Waals surface area contributed by atoms with E-state index in [-0.39, 0.29) is 0 Å². The van der Waals surface area contributed by atoms with Crippen molar-refractivity contribution >= 4 is 11.8 Å². The molecule has 4 heteroatoms. The summed E-state index contributed by atoms with van der Waals surface area (Å²) in [6, 6.07) is 6.43. The Morgan fingerprint density at radius 3 is 3.31 bits per heavy atom. The third-order valence-corrected chi connectivity index (χ3v) is 2.61. The summed E-state index contributed by atoms with van der Waals surface area (Å²) < 4.78 is 0. The summed E-state index contributed by atoms with van der Waals surface area (Å²) in [5.41, 5.74) is 12.0. The number of nitrogens with zero attached hydrogens (tertiary/aromatic N) is 3. The predicted molar refractivity (Wildman–Crippen MR) is 66.3 cm³/mol. The van der Waals surface area contributed by atoms with Crippen LogP contribution in [0, 0.1) is 0 Å². The first-order valence-electron chi connectivity index (χ1n) is 5.44. The van der Waals surface area contributed by atoms with Gasteiger partial charge >= 0.3 is 0 Å². The van der Waals surface area contributed by atoms with E-state index in [0.717, 1.165) is 19.4 Å². The molecule has 82 valence electrons. The Kier molecular flexibility index (Phi) is 3.46. The van der Waals surface area contributed by atoms with Gasteiger partial charge in [-0.15, -0.1) is 0 Å². The lowest BCUT2D eigenvalue weighted by atomic mass is 10.1. The van der Waals surface area contributed by atoms with E-state index in [2.05, 4.69) is 39.6 Å². The maximum Gasteiger partial charge on any atom is 0.0373 e. The molecule has 0 bridgehead atoms. The zero-order valence-electron chi connectivity index (χ0n) is 9.06. The number of hydrogen-bond donors (Lipinski definition) is 1. The molecule has 1 N–H and O–H groups in total. The molecule has 0 saturated heterocycles. The van der Waals surface area contributed by atoms with E-state index < -0.39 is 0 Å². The van der Waals surface area contributed by atoms with Gasteiger partial charge in [0.1, 0.15) is 0 Å². The summed E-state index contributed by atoms with van der Waals surface area (Å²) in [5.74, 6) is 0. The Labute approximate surface area is 94.6 Å². The molecular formula is C12H14N4. The highest BCUT2D eigenvalue weighted by Crippen LogP contribution is 2.23. The molecule has 0 saturated carbocycles. The smallest absolute Gasteiger partial charge is 0.0373 e. The van der Waals surface area contributed by atoms with E-state index in [1.54, 1.807) is 0 Å². The van der Waals surface area contributed by atoms with Gasteiger partial charge in [-0.1, -0.05) is 23.3 Å². The fourth-order valence-electron chi connectivity index (χ4n) is 1.82. The quantitative estimate of drug-likeness (QED) is 0.355. The van der Waals surface area contributed by atoms with Crippen molar-refractivity contribution in [2.75, 3.05) is 18.4 Å². The minimum absolute atomic E-state index is 0.527. The summed E-state index contributed by atoms with van der Waals surface area (Å²) in [6.45, 7) is 1.57. The average Bonchev–Trinajstić information content (AvgIpc) is 2.76. The Morgan fingerprint density at radius 2 is 2.44 bits per heavy atom. The Bertz CT molecular complexity index is 444. The van der Waals surface area contributed by atoms with Crippen LogP contribution in [0.15, 0.2) is 29.4 Å². The molecule has 1 aliphatic heterocycles. The van der Waals surface area contributed by atoms with Gasteiger partial charge in [0.25, 0.3) is 0 Å². The molecule has 0 unspecified atom stereocenters. The van der Waals surface area contributed by atoms with Crippen LogP contribution in [0.1, 0.15) is 17.5 Å². The predicted octanol–water partition coefficient (Wildman–Crippen LogP) is 3.37. The molecule has 0 aromatic heterocycles. The van der Waals surface area contributed by atoms with Crippen molar-refractivity contribution in [1.29, 1.82) is 0 Å². The summed E-state index contributed by atoms with van der Waals surface area (Å²) in [5, 5.41) is 6.81. The number of rotatable bonds is 4. The molecule has 1 aromatic carbocycles. The van der Waals surface area contributed by atoms with Gasteiger partial charge in [0, 0.05) is 23.7 Å². The molecule has 16 heavy (non-hydrogen) atoms. The molecule has 0 radical (unpaired) electrons. The summed E-state index contributed by atoms with van der Waals surface area (Å²) >= 11 is 0. The molecular weight excluding hydrogens is 200 g/mol. The van der Waals surface area contributed by atoms with Crippen molar-refractivity contribution in [3.05, 3.63) is 45.8 Å². The highest BCUT2D eigenvalue weighted by atomic mass is 15.1. The van der Waals surface area contributed by atoms with Crippen molar-refractivity contribution in [3.8, 4) is 0 Å². The average molecular weight is 214 g/mol. The molecule has 1 aromatic rings. The SMILES string of the molecule is [N-]=[N+]=NCCC=Cc1ccc2c(c1)CCN2. The first-order chi connectivity index (χ1) is 7.90. The number of nitrogens with one attached hydrogen (secondary N) is 1. The highest BCUT2D eigenvalue weighted by Gasteiger charge is 2.08. The lowest BCUT2D eigenvalue weighted by Gasteiger charge is -2.00. The number of anilines is 1. The molecule has 0 atom stereocenters.